The molecule has 0 aromatic carbocycles. The molecule has 0 bridgehead atoms. The van der Waals surface area contributed by atoms with Gasteiger partial charge in [0.15, 0.2) is 0 Å². The van der Waals surface area contributed by atoms with E-state index in [9.17, 15) is 4.79 Å². The second kappa shape index (κ2) is 5.09. The van der Waals surface area contributed by atoms with Gasteiger partial charge in [-0.15, -0.1) is 0 Å². The summed E-state index contributed by atoms with van der Waals surface area (Å²) >= 11 is 0. The van der Waals surface area contributed by atoms with Crippen LogP contribution in [0.15, 0.2) is 24.5 Å². The van der Waals surface area contributed by atoms with Crippen LogP contribution in [-0.2, 0) is 13.6 Å². The Morgan fingerprint density at radius 2 is 2.21 bits per heavy atom. The lowest BCUT2D eigenvalue weighted by Crippen LogP contribution is -2.18. The minimum atomic E-state index is -0.952. The SMILES string of the molecule is Cc1nc(N(C)Cc2cnn(C)c2)ccc1C(=O)O. The monoisotopic (exact) mass is 260 g/mol. The Kier molecular flexibility index (Phi) is 3.50. The zero-order chi connectivity index (χ0) is 14.0. The van der Waals surface area contributed by atoms with E-state index in [0.29, 0.717) is 12.2 Å². The lowest BCUT2D eigenvalue weighted by atomic mass is 10.2. The van der Waals surface area contributed by atoms with Gasteiger partial charge < -0.3 is 10.0 Å². The summed E-state index contributed by atoms with van der Waals surface area (Å²) in [5.41, 5.74) is 1.83. The molecule has 2 aromatic heterocycles. The maximum absolute atomic E-state index is 10.9. The molecule has 100 valence electrons. The van der Waals surface area contributed by atoms with Crippen LogP contribution >= 0.6 is 0 Å². The number of nitrogens with zero attached hydrogens (tertiary/aromatic N) is 4. The molecule has 0 fully saturated rings. The van der Waals surface area contributed by atoms with Crippen molar-refractivity contribution < 1.29 is 9.90 Å². The molecule has 6 heteroatoms. The van der Waals surface area contributed by atoms with Crippen LogP contribution in [0.25, 0.3) is 0 Å². The van der Waals surface area contributed by atoms with Crippen molar-refractivity contribution in [1.82, 2.24) is 14.8 Å². The molecule has 0 amide bonds. The summed E-state index contributed by atoms with van der Waals surface area (Å²) in [6.45, 7) is 2.37. The highest BCUT2D eigenvalue weighted by Gasteiger charge is 2.11. The van der Waals surface area contributed by atoms with Gasteiger partial charge in [-0.1, -0.05) is 0 Å². The van der Waals surface area contributed by atoms with Gasteiger partial charge in [0.05, 0.1) is 17.5 Å². The third kappa shape index (κ3) is 2.90. The number of rotatable bonds is 4. The average molecular weight is 260 g/mol. The molecule has 0 aliphatic heterocycles. The Hall–Kier alpha value is -2.37. The van der Waals surface area contributed by atoms with Crippen LogP contribution in [0.4, 0.5) is 5.82 Å². The van der Waals surface area contributed by atoms with E-state index in [2.05, 4.69) is 10.1 Å². The smallest absolute Gasteiger partial charge is 0.337 e. The standard InChI is InChI=1S/C13H16N4O2/c1-9-11(13(18)19)4-5-12(15-9)16(2)7-10-6-14-17(3)8-10/h4-6,8H,7H2,1-3H3,(H,18,19). The minimum Gasteiger partial charge on any atom is -0.478 e. The van der Waals surface area contributed by atoms with Gasteiger partial charge in [-0.25, -0.2) is 9.78 Å². The van der Waals surface area contributed by atoms with E-state index in [1.54, 1.807) is 29.9 Å². The van der Waals surface area contributed by atoms with Crippen molar-refractivity contribution in [3.63, 3.8) is 0 Å². The van der Waals surface area contributed by atoms with Crippen molar-refractivity contribution in [1.29, 1.82) is 0 Å². The molecule has 0 saturated heterocycles. The fourth-order valence-electron chi connectivity index (χ4n) is 1.89. The number of hydrogen-bond donors (Lipinski definition) is 1. The fourth-order valence-corrected chi connectivity index (χ4v) is 1.89. The summed E-state index contributed by atoms with van der Waals surface area (Å²) in [7, 11) is 3.78. The number of anilines is 1. The van der Waals surface area contributed by atoms with E-state index in [1.807, 2.05) is 25.2 Å². The van der Waals surface area contributed by atoms with E-state index < -0.39 is 5.97 Å². The summed E-state index contributed by atoms with van der Waals surface area (Å²) in [5.74, 6) is -0.210. The molecular formula is C13H16N4O2. The van der Waals surface area contributed by atoms with Gasteiger partial charge in [0, 0.05) is 32.4 Å². The van der Waals surface area contributed by atoms with Crippen LogP contribution in [-0.4, -0.2) is 32.9 Å². The Labute approximate surface area is 111 Å². The van der Waals surface area contributed by atoms with E-state index in [4.69, 9.17) is 5.11 Å². The molecule has 0 unspecified atom stereocenters. The molecule has 6 nitrogen and oxygen atoms in total. The summed E-state index contributed by atoms with van der Waals surface area (Å²) in [5, 5.41) is 13.1. The van der Waals surface area contributed by atoms with Crippen LogP contribution in [0.3, 0.4) is 0 Å². The van der Waals surface area contributed by atoms with Crippen molar-refractivity contribution in [3.8, 4) is 0 Å². The van der Waals surface area contributed by atoms with Gasteiger partial charge in [-0.3, -0.25) is 4.68 Å². The lowest BCUT2D eigenvalue weighted by molar-refractivity contribution is 0.0695. The van der Waals surface area contributed by atoms with Crippen molar-refractivity contribution in [2.75, 3.05) is 11.9 Å². The Morgan fingerprint density at radius 3 is 2.74 bits per heavy atom. The van der Waals surface area contributed by atoms with Crippen molar-refractivity contribution in [3.05, 3.63) is 41.3 Å². The summed E-state index contributed by atoms with van der Waals surface area (Å²) < 4.78 is 1.75. The molecule has 0 radical (unpaired) electrons. The van der Waals surface area contributed by atoms with Gasteiger partial charge in [-0.05, 0) is 19.1 Å². The predicted octanol–water partition coefficient (Wildman–Crippen LogP) is 1.46. The minimum absolute atomic E-state index is 0.235. The van der Waals surface area contributed by atoms with Crippen LogP contribution in [0.1, 0.15) is 21.6 Å². The second-order valence-electron chi connectivity index (χ2n) is 4.49. The quantitative estimate of drug-likeness (QED) is 0.901. The Morgan fingerprint density at radius 1 is 1.47 bits per heavy atom. The first-order chi connectivity index (χ1) is 8.97. The highest BCUT2D eigenvalue weighted by Crippen LogP contribution is 2.15. The third-order valence-electron chi connectivity index (χ3n) is 2.87. The van der Waals surface area contributed by atoms with E-state index in [0.717, 1.165) is 11.4 Å². The number of carbonyl (C=O) groups is 1. The molecule has 2 rings (SSSR count). The van der Waals surface area contributed by atoms with Gasteiger partial charge in [-0.2, -0.15) is 5.10 Å². The predicted molar refractivity (Wildman–Crippen MR) is 71.2 cm³/mol. The normalized spacial score (nSPS) is 10.5. The topological polar surface area (TPSA) is 71.2 Å². The molecule has 19 heavy (non-hydrogen) atoms. The maximum Gasteiger partial charge on any atom is 0.337 e. The Balaban J connectivity index is 2.17. The van der Waals surface area contributed by atoms with Crippen LogP contribution < -0.4 is 4.90 Å². The Bertz CT molecular complexity index is 606. The maximum atomic E-state index is 10.9. The van der Waals surface area contributed by atoms with E-state index >= 15 is 0 Å². The molecule has 2 aromatic rings. The van der Waals surface area contributed by atoms with Crippen LogP contribution in [0.2, 0.25) is 0 Å². The zero-order valence-corrected chi connectivity index (χ0v) is 11.2. The molecule has 0 saturated carbocycles. The molecule has 0 aliphatic rings. The second-order valence-corrected chi connectivity index (χ2v) is 4.49. The number of aryl methyl sites for hydroxylation is 2. The largest absolute Gasteiger partial charge is 0.478 e. The van der Waals surface area contributed by atoms with Crippen molar-refractivity contribution in [2.45, 2.75) is 13.5 Å². The highest BCUT2D eigenvalue weighted by molar-refractivity contribution is 5.89. The number of aromatic carboxylic acids is 1. The van der Waals surface area contributed by atoms with Crippen LogP contribution in [0.5, 0.6) is 0 Å². The van der Waals surface area contributed by atoms with Gasteiger partial charge in [0.2, 0.25) is 0 Å². The summed E-state index contributed by atoms with van der Waals surface area (Å²) in [6.07, 6.45) is 3.74. The highest BCUT2D eigenvalue weighted by atomic mass is 16.4. The molecular weight excluding hydrogens is 244 g/mol. The van der Waals surface area contributed by atoms with E-state index in [-0.39, 0.29) is 5.56 Å². The number of aromatic nitrogens is 3. The molecule has 0 spiro atoms. The average Bonchev–Trinajstić information content (AvgIpc) is 2.74. The van der Waals surface area contributed by atoms with E-state index in [1.165, 1.54) is 0 Å². The molecule has 0 aliphatic carbocycles. The summed E-state index contributed by atoms with van der Waals surface area (Å²) in [4.78, 5) is 17.2. The first-order valence-electron chi connectivity index (χ1n) is 5.87. The number of carboxylic acids is 1. The fraction of sp³-hybridized carbons (Fsp3) is 0.308. The van der Waals surface area contributed by atoms with Gasteiger partial charge in [0.1, 0.15) is 5.82 Å². The molecule has 2 heterocycles. The van der Waals surface area contributed by atoms with Crippen LogP contribution in [0, 0.1) is 6.92 Å². The van der Waals surface area contributed by atoms with Gasteiger partial charge in [0.25, 0.3) is 0 Å². The summed E-state index contributed by atoms with van der Waals surface area (Å²) in [6, 6.07) is 3.30. The first-order valence-corrected chi connectivity index (χ1v) is 5.87. The molecule has 0 atom stereocenters. The third-order valence-corrected chi connectivity index (χ3v) is 2.87. The zero-order valence-electron chi connectivity index (χ0n) is 11.2. The van der Waals surface area contributed by atoms with Crippen molar-refractivity contribution >= 4 is 11.8 Å². The number of carboxylic acid groups (broad SMARTS) is 1. The first kappa shape index (κ1) is 13.1. The number of hydrogen-bond acceptors (Lipinski definition) is 4. The van der Waals surface area contributed by atoms with Gasteiger partial charge >= 0.3 is 5.97 Å². The number of pyridine rings is 1. The molecule has 1 N–H and O–H groups in total. The van der Waals surface area contributed by atoms with Crippen molar-refractivity contribution in [2.24, 2.45) is 7.05 Å². The lowest BCUT2D eigenvalue weighted by Gasteiger charge is -2.18.